The van der Waals surface area contributed by atoms with E-state index in [1.807, 2.05) is 20.8 Å². The minimum absolute atomic E-state index is 0. The first-order valence-electron chi connectivity index (χ1n) is 9.50. The molecule has 1 N–H and O–H groups in total. The molecule has 26 heavy (non-hydrogen) atoms. The molecule has 3 atom stereocenters. The van der Waals surface area contributed by atoms with E-state index in [4.69, 9.17) is 4.74 Å². The summed E-state index contributed by atoms with van der Waals surface area (Å²) < 4.78 is 29.9. The van der Waals surface area contributed by atoms with Gasteiger partial charge in [-0.25, -0.2) is 8.42 Å². The number of rotatable bonds is 2. The molecule has 3 unspecified atom stereocenters. The number of sulfone groups is 1. The van der Waals surface area contributed by atoms with Gasteiger partial charge < -0.3 is 15.0 Å². The van der Waals surface area contributed by atoms with E-state index in [1.54, 1.807) is 0 Å². The number of nitrogens with one attached hydrogen (secondary N) is 1. The van der Waals surface area contributed by atoms with Crippen LogP contribution in [0.2, 0.25) is 0 Å². The molecule has 2 saturated heterocycles. The number of fused-ring (bicyclic) bond motifs is 1. The summed E-state index contributed by atoms with van der Waals surface area (Å²) in [5.74, 6) is 1.56. The van der Waals surface area contributed by atoms with Crippen molar-refractivity contribution in [2.24, 2.45) is 16.3 Å². The van der Waals surface area contributed by atoms with Crippen LogP contribution in [0.1, 0.15) is 47.5 Å². The fourth-order valence-electron chi connectivity index (χ4n) is 4.67. The Morgan fingerprint density at radius 1 is 1.31 bits per heavy atom. The Labute approximate surface area is 175 Å². The highest BCUT2D eigenvalue weighted by Crippen LogP contribution is 2.51. The first-order valence-corrected chi connectivity index (χ1v) is 11.2. The molecule has 0 radical (unpaired) electrons. The lowest BCUT2D eigenvalue weighted by Gasteiger charge is -2.60. The molecule has 8 heteroatoms. The number of guanidine groups is 1. The lowest BCUT2D eigenvalue weighted by molar-refractivity contribution is -0.188. The zero-order valence-electron chi connectivity index (χ0n) is 16.6. The van der Waals surface area contributed by atoms with Crippen LogP contribution in [0.15, 0.2) is 4.99 Å². The molecular weight excluding hydrogens is 465 g/mol. The molecule has 1 aliphatic carbocycles. The second-order valence-corrected chi connectivity index (χ2v) is 11.6. The zero-order chi connectivity index (χ0) is 18.5. The normalized spacial score (nSPS) is 34.9. The van der Waals surface area contributed by atoms with Gasteiger partial charge in [-0.2, -0.15) is 0 Å². The monoisotopic (exact) mass is 499 g/mol. The Bertz CT molecular complexity index is 648. The third-order valence-corrected chi connectivity index (χ3v) is 8.80. The Kier molecular flexibility index (Phi) is 6.60. The summed E-state index contributed by atoms with van der Waals surface area (Å²) in [4.78, 5) is 6.80. The molecule has 0 aromatic rings. The molecule has 2 heterocycles. The van der Waals surface area contributed by atoms with Crippen LogP contribution < -0.4 is 5.32 Å². The molecule has 0 aromatic carbocycles. The van der Waals surface area contributed by atoms with Gasteiger partial charge in [0, 0.05) is 43.6 Å². The smallest absolute Gasteiger partial charge is 0.194 e. The number of ether oxygens (including phenoxy) is 1. The Hall–Kier alpha value is -0.0900. The second-order valence-electron chi connectivity index (χ2n) is 8.84. The molecule has 3 rings (SSSR count). The van der Waals surface area contributed by atoms with Crippen molar-refractivity contribution in [3.05, 3.63) is 0 Å². The van der Waals surface area contributed by atoms with Crippen LogP contribution in [0.5, 0.6) is 0 Å². The highest BCUT2D eigenvalue weighted by molar-refractivity contribution is 14.0. The summed E-state index contributed by atoms with van der Waals surface area (Å²) in [5, 5.41) is 3.68. The van der Waals surface area contributed by atoms with E-state index < -0.39 is 14.6 Å². The molecule has 0 aromatic heterocycles. The summed E-state index contributed by atoms with van der Waals surface area (Å²) in [6.45, 7) is 12.7. The SMILES string of the molecule is CCN=C(NC1C2CCCOC2C1(C)C)N1CCS(=O)(=O)C(C)(C)C1.I. The number of hydrogen-bond acceptors (Lipinski definition) is 4. The topological polar surface area (TPSA) is 71.0 Å². The van der Waals surface area contributed by atoms with E-state index in [9.17, 15) is 8.42 Å². The van der Waals surface area contributed by atoms with Crippen molar-refractivity contribution in [3.8, 4) is 0 Å². The van der Waals surface area contributed by atoms with Crippen molar-refractivity contribution in [2.75, 3.05) is 32.0 Å². The molecule has 3 aliphatic rings. The lowest BCUT2D eigenvalue weighted by atomic mass is 9.55. The largest absolute Gasteiger partial charge is 0.377 e. The first kappa shape index (κ1) is 22.2. The number of aliphatic imine (C=N–C) groups is 1. The number of hydrogen-bond donors (Lipinski definition) is 1. The second kappa shape index (κ2) is 7.73. The van der Waals surface area contributed by atoms with Crippen LogP contribution in [-0.4, -0.2) is 68.2 Å². The minimum atomic E-state index is -3.05. The van der Waals surface area contributed by atoms with Crippen LogP contribution in [0.25, 0.3) is 0 Å². The van der Waals surface area contributed by atoms with Crippen LogP contribution in [-0.2, 0) is 14.6 Å². The van der Waals surface area contributed by atoms with Gasteiger partial charge in [0.1, 0.15) is 0 Å². The van der Waals surface area contributed by atoms with E-state index in [-0.39, 0.29) is 35.1 Å². The first-order chi connectivity index (χ1) is 11.6. The fourth-order valence-corrected chi connectivity index (χ4v) is 6.03. The summed E-state index contributed by atoms with van der Waals surface area (Å²) in [5.41, 5.74) is 0.0664. The fraction of sp³-hybridized carbons (Fsp3) is 0.944. The van der Waals surface area contributed by atoms with E-state index >= 15 is 0 Å². The van der Waals surface area contributed by atoms with Crippen molar-refractivity contribution >= 4 is 39.8 Å². The average Bonchev–Trinajstić information content (AvgIpc) is 2.54. The average molecular weight is 499 g/mol. The van der Waals surface area contributed by atoms with Gasteiger partial charge in [-0.15, -0.1) is 24.0 Å². The Morgan fingerprint density at radius 3 is 2.62 bits per heavy atom. The van der Waals surface area contributed by atoms with E-state index in [1.165, 1.54) is 6.42 Å². The van der Waals surface area contributed by atoms with Crippen LogP contribution in [0.3, 0.4) is 0 Å². The molecule has 6 nitrogen and oxygen atoms in total. The van der Waals surface area contributed by atoms with Crippen molar-refractivity contribution in [3.63, 3.8) is 0 Å². The maximum Gasteiger partial charge on any atom is 0.194 e. The van der Waals surface area contributed by atoms with Gasteiger partial charge in [0.15, 0.2) is 15.8 Å². The summed E-state index contributed by atoms with van der Waals surface area (Å²) in [6.07, 6.45) is 2.62. The van der Waals surface area contributed by atoms with Crippen molar-refractivity contribution in [1.82, 2.24) is 10.2 Å². The standard InChI is InChI=1S/C18H33N3O3S.HI/c1-6-19-16(21-9-11-25(22,23)17(2,3)12-21)20-14-13-8-7-10-24-15(13)18(14,4)5;/h13-15H,6-12H2,1-5H3,(H,19,20);1H. The Balaban J connectivity index is 0.00000243. The highest BCUT2D eigenvalue weighted by Gasteiger charge is 2.58. The molecule has 0 bridgehead atoms. The van der Waals surface area contributed by atoms with Crippen molar-refractivity contribution in [1.29, 1.82) is 0 Å². The van der Waals surface area contributed by atoms with Gasteiger partial charge in [-0.3, -0.25) is 4.99 Å². The molecular formula is C18H34IN3O3S. The lowest BCUT2D eigenvalue weighted by Crippen LogP contribution is -2.71. The van der Waals surface area contributed by atoms with Gasteiger partial charge in [-0.1, -0.05) is 13.8 Å². The van der Waals surface area contributed by atoms with E-state index in [0.29, 0.717) is 37.7 Å². The van der Waals surface area contributed by atoms with Gasteiger partial charge in [0.2, 0.25) is 0 Å². The van der Waals surface area contributed by atoms with Crippen molar-refractivity contribution < 1.29 is 13.2 Å². The molecule has 1 saturated carbocycles. The molecule has 2 aliphatic heterocycles. The van der Waals surface area contributed by atoms with Gasteiger partial charge in [-0.05, 0) is 33.6 Å². The highest BCUT2D eigenvalue weighted by atomic mass is 127. The predicted molar refractivity (Wildman–Crippen MR) is 116 cm³/mol. The molecule has 0 amide bonds. The van der Waals surface area contributed by atoms with Gasteiger partial charge in [0.25, 0.3) is 0 Å². The Morgan fingerprint density at radius 2 is 2.00 bits per heavy atom. The summed E-state index contributed by atoms with van der Waals surface area (Å²) in [6, 6.07) is 0.324. The number of nitrogens with zero attached hydrogens (tertiary/aromatic N) is 2. The predicted octanol–water partition coefficient (Wildman–Crippen LogP) is 2.28. The van der Waals surface area contributed by atoms with Crippen molar-refractivity contribution in [2.45, 2.75) is 64.4 Å². The number of halogens is 1. The van der Waals surface area contributed by atoms with E-state index in [0.717, 1.165) is 19.0 Å². The maximum atomic E-state index is 12.3. The summed E-state index contributed by atoms with van der Waals surface area (Å²) in [7, 11) is -3.05. The molecule has 3 fully saturated rings. The third kappa shape index (κ3) is 3.74. The van der Waals surface area contributed by atoms with E-state index in [2.05, 4.69) is 29.1 Å². The van der Waals surface area contributed by atoms with Gasteiger partial charge >= 0.3 is 0 Å². The minimum Gasteiger partial charge on any atom is -0.377 e. The quantitative estimate of drug-likeness (QED) is 0.359. The van der Waals surface area contributed by atoms with Crippen LogP contribution in [0.4, 0.5) is 0 Å². The summed E-state index contributed by atoms with van der Waals surface area (Å²) >= 11 is 0. The maximum absolute atomic E-state index is 12.3. The third-order valence-electron chi connectivity index (χ3n) is 6.27. The zero-order valence-corrected chi connectivity index (χ0v) is 19.8. The van der Waals surface area contributed by atoms with Gasteiger partial charge in [0.05, 0.1) is 16.6 Å². The molecule has 0 spiro atoms. The molecule has 152 valence electrons. The van der Waals surface area contributed by atoms with Crippen LogP contribution in [0, 0.1) is 11.3 Å². The van der Waals surface area contributed by atoms with Crippen LogP contribution >= 0.6 is 24.0 Å².